The molecule has 32 heavy (non-hydrogen) atoms. The Morgan fingerprint density at radius 2 is 1.88 bits per heavy atom. The summed E-state index contributed by atoms with van der Waals surface area (Å²) in [5.41, 5.74) is 2.88. The molecule has 0 aromatic heterocycles. The van der Waals surface area contributed by atoms with E-state index in [9.17, 15) is 4.79 Å². The molecule has 5 nitrogen and oxygen atoms in total. The fraction of sp³-hybridized carbons (Fsp3) is 0.500. The van der Waals surface area contributed by atoms with Crippen molar-refractivity contribution in [2.45, 2.75) is 50.2 Å². The van der Waals surface area contributed by atoms with E-state index in [1.54, 1.807) is 7.11 Å². The summed E-state index contributed by atoms with van der Waals surface area (Å²) in [7, 11) is 5.93. The minimum Gasteiger partial charge on any atom is -0.497 e. The third-order valence-electron chi connectivity index (χ3n) is 6.97. The molecule has 0 atom stereocenters. The number of hydrogen-bond donors (Lipinski definition) is 0. The summed E-state index contributed by atoms with van der Waals surface area (Å²) in [5, 5.41) is 0. The number of benzene rings is 2. The highest BCUT2D eigenvalue weighted by molar-refractivity contribution is 9.10. The fourth-order valence-electron chi connectivity index (χ4n) is 4.81. The molecule has 1 saturated heterocycles. The normalized spacial score (nSPS) is 18.6. The number of halogens is 1. The minimum atomic E-state index is -0.418. The van der Waals surface area contributed by atoms with Crippen LogP contribution in [-0.4, -0.2) is 51.6 Å². The molecule has 2 fully saturated rings. The Morgan fingerprint density at radius 3 is 2.44 bits per heavy atom. The monoisotopic (exact) mass is 500 g/mol. The average Bonchev–Trinajstić information content (AvgIpc) is 2.75. The minimum absolute atomic E-state index is 0.190. The van der Waals surface area contributed by atoms with Crippen LogP contribution >= 0.6 is 15.9 Å². The van der Waals surface area contributed by atoms with E-state index in [2.05, 4.69) is 64.1 Å². The Hall–Kier alpha value is -2.05. The van der Waals surface area contributed by atoms with Gasteiger partial charge in [0.05, 0.1) is 18.2 Å². The highest BCUT2D eigenvalue weighted by Crippen LogP contribution is 2.50. The predicted molar refractivity (Wildman–Crippen MR) is 132 cm³/mol. The first-order valence-electron chi connectivity index (χ1n) is 11.4. The van der Waals surface area contributed by atoms with Crippen molar-refractivity contribution in [1.29, 1.82) is 0 Å². The number of ether oxygens (including phenoxy) is 2. The van der Waals surface area contributed by atoms with Gasteiger partial charge in [-0.3, -0.25) is 0 Å². The third-order valence-corrected chi connectivity index (χ3v) is 7.43. The van der Waals surface area contributed by atoms with Gasteiger partial charge in [-0.2, -0.15) is 0 Å². The van der Waals surface area contributed by atoms with E-state index in [1.807, 2.05) is 12.1 Å². The number of aldehydes is 1. The molecule has 4 rings (SSSR count). The lowest BCUT2D eigenvalue weighted by molar-refractivity contribution is -0.115. The van der Waals surface area contributed by atoms with Crippen LogP contribution in [0.4, 0.5) is 5.69 Å². The second-order valence-electron chi connectivity index (χ2n) is 9.25. The van der Waals surface area contributed by atoms with Crippen LogP contribution < -0.4 is 14.4 Å². The molecule has 1 heterocycles. The summed E-state index contributed by atoms with van der Waals surface area (Å²) in [5.74, 6) is 1.72. The van der Waals surface area contributed by atoms with Crippen molar-refractivity contribution in [3.8, 4) is 11.5 Å². The molecule has 0 amide bonds. The zero-order chi connectivity index (χ0) is 22.7. The highest BCUT2D eigenvalue weighted by Gasteiger charge is 2.42. The van der Waals surface area contributed by atoms with Crippen molar-refractivity contribution in [2.24, 2.45) is 0 Å². The summed E-state index contributed by atoms with van der Waals surface area (Å²) < 4.78 is 12.9. The summed E-state index contributed by atoms with van der Waals surface area (Å²) in [4.78, 5) is 16.8. The summed E-state index contributed by atoms with van der Waals surface area (Å²) in [6.45, 7) is 2.80. The Bertz CT molecular complexity index is 935. The first-order chi connectivity index (χ1) is 15.4. The smallest absolute Gasteiger partial charge is 0.144 e. The molecule has 0 bridgehead atoms. The SMILES string of the molecule is COc1ccc(CN(C)c2c(OC3CCN(C)CC3)cc(Br)cc2C2(C=O)CCC2)cc1. The molecule has 6 heteroatoms. The zero-order valence-corrected chi connectivity index (χ0v) is 20.9. The van der Waals surface area contributed by atoms with Gasteiger partial charge >= 0.3 is 0 Å². The molecule has 1 aliphatic heterocycles. The topological polar surface area (TPSA) is 42.0 Å². The number of carbonyl (C=O) groups excluding carboxylic acids is 1. The van der Waals surface area contributed by atoms with Crippen molar-refractivity contribution in [3.05, 3.63) is 52.0 Å². The molecule has 2 aromatic rings. The first-order valence-corrected chi connectivity index (χ1v) is 12.2. The molecular weight excluding hydrogens is 468 g/mol. The predicted octanol–water partition coefficient (Wildman–Crippen LogP) is 5.19. The number of methoxy groups -OCH3 is 1. The van der Waals surface area contributed by atoms with Gasteiger partial charge in [0.25, 0.3) is 0 Å². The second kappa shape index (κ2) is 9.84. The molecule has 1 saturated carbocycles. The van der Waals surface area contributed by atoms with Crippen LogP contribution in [0.2, 0.25) is 0 Å². The van der Waals surface area contributed by atoms with E-state index in [4.69, 9.17) is 9.47 Å². The van der Waals surface area contributed by atoms with Gasteiger partial charge in [0, 0.05) is 31.2 Å². The van der Waals surface area contributed by atoms with Gasteiger partial charge in [-0.05, 0) is 68.1 Å². The van der Waals surface area contributed by atoms with Crippen LogP contribution in [0.5, 0.6) is 11.5 Å². The lowest BCUT2D eigenvalue weighted by Gasteiger charge is -2.41. The number of hydrogen-bond acceptors (Lipinski definition) is 5. The lowest BCUT2D eigenvalue weighted by atomic mass is 9.65. The molecule has 0 radical (unpaired) electrons. The van der Waals surface area contributed by atoms with Crippen molar-refractivity contribution in [2.75, 3.05) is 39.2 Å². The Labute approximate surface area is 199 Å². The van der Waals surface area contributed by atoms with Gasteiger partial charge in [-0.15, -0.1) is 0 Å². The summed E-state index contributed by atoms with van der Waals surface area (Å²) >= 11 is 3.69. The highest BCUT2D eigenvalue weighted by atomic mass is 79.9. The Balaban J connectivity index is 1.69. The van der Waals surface area contributed by atoms with E-state index in [-0.39, 0.29) is 6.10 Å². The maximum atomic E-state index is 12.3. The van der Waals surface area contributed by atoms with Crippen LogP contribution in [0.15, 0.2) is 40.9 Å². The second-order valence-corrected chi connectivity index (χ2v) is 10.2. The molecule has 0 unspecified atom stereocenters. The van der Waals surface area contributed by atoms with Crippen LogP contribution in [0.25, 0.3) is 0 Å². The number of piperidine rings is 1. The van der Waals surface area contributed by atoms with Crippen molar-refractivity contribution in [3.63, 3.8) is 0 Å². The van der Waals surface area contributed by atoms with Crippen LogP contribution in [0.3, 0.4) is 0 Å². The lowest BCUT2D eigenvalue weighted by Crippen LogP contribution is -2.38. The number of carbonyl (C=O) groups is 1. The summed E-state index contributed by atoms with van der Waals surface area (Å²) in [6, 6.07) is 12.3. The van der Waals surface area contributed by atoms with Crippen LogP contribution in [0.1, 0.15) is 43.2 Å². The number of nitrogens with zero attached hydrogens (tertiary/aromatic N) is 2. The van der Waals surface area contributed by atoms with Crippen molar-refractivity contribution < 1.29 is 14.3 Å². The van der Waals surface area contributed by atoms with Crippen molar-refractivity contribution in [1.82, 2.24) is 4.90 Å². The standard InChI is InChI=1S/C26H33BrN2O3/c1-28-13-9-22(10-14-28)32-24-16-20(27)15-23(26(18-30)11-4-12-26)25(24)29(2)17-19-5-7-21(31-3)8-6-19/h5-8,15-16,18,22H,4,9-14,17H2,1-3H3. The first kappa shape index (κ1) is 23.1. The van der Waals surface area contributed by atoms with Gasteiger partial charge in [0.2, 0.25) is 0 Å². The van der Waals surface area contributed by atoms with Crippen molar-refractivity contribution >= 4 is 27.9 Å². The largest absolute Gasteiger partial charge is 0.497 e. The van der Waals surface area contributed by atoms with Gasteiger partial charge in [-0.1, -0.05) is 34.5 Å². The number of rotatable bonds is 8. The maximum Gasteiger partial charge on any atom is 0.144 e. The molecule has 0 spiro atoms. The Morgan fingerprint density at radius 1 is 1.19 bits per heavy atom. The maximum absolute atomic E-state index is 12.3. The third kappa shape index (κ3) is 4.81. The van der Waals surface area contributed by atoms with Crippen LogP contribution in [0, 0.1) is 0 Å². The van der Waals surface area contributed by atoms with Gasteiger partial charge < -0.3 is 24.1 Å². The number of anilines is 1. The van der Waals surface area contributed by atoms with Crippen LogP contribution in [-0.2, 0) is 16.8 Å². The van der Waals surface area contributed by atoms with Gasteiger partial charge in [0.15, 0.2) is 0 Å². The van der Waals surface area contributed by atoms with Gasteiger partial charge in [0.1, 0.15) is 23.9 Å². The molecule has 0 N–H and O–H groups in total. The fourth-order valence-corrected chi connectivity index (χ4v) is 5.25. The molecule has 2 aliphatic rings. The van der Waals surface area contributed by atoms with E-state index in [1.165, 1.54) is 5.56 Å². The summed E-state index contributed by atoms with van der Waals surface area (Å²) in [6.07, 6.45) is 6.24. The van der Waals surface area contributed by atoms with E-state index in [0.717, 1.165) is 85.2 Å². The number of likely N-dealkylation sites (tertiary alicyclic amines) is 1. The Kier molecular flexibility index (Phi) is 7.11. The molecule has 1 aliphatic carbocycles. The zero-order valence-electron chi connectivity index (χ0n) is 19.3. The molecular formula is C26H33BrN2O3. The molecule has 2 aromatic carbocycles. The molecule has 172 valence electrons. The quantitative estimate of drug-likeness (QED) is 0.466. The average molecular weight is 501 g/mol. The van der Waals surface area contributed by atoms with E-state index >= 15 is 0 Å². The van der Waals surface area contributed by atoms with E-state index < -0.39 is 5.41 Å². The van der Waals surface area contributed by atoms with E-state index in [0.29, 0.717) is 0 Å². The van der Waals surface area contributed by atoms with Gasteiger partial charge in [-0.25, -0.2) is 0 Å².